The molecule has 0 amide bonds. The van der Waals surface area contributed by atoms with Gasteiger partial charge in [0.2, 0.25) is 0 Å². The molecule has 0 spiro atoms. The fourth-order valence-electron chi connectivity index (χ4n) is 3.85. The summed E-state index contributed by atoms with van der Waals surface area (Å²) >= 11 is 0. The van der Waals surface area contributed by atoms with Crippen LogP contribution >= 0.6 is 0 Å². The van der Waals surface area contributed by atoms with Crippen LogP contribution in [-0.4, -0.2) is 13.2 Å². The zero-order valence-corrected chi connectivity index (χ0v) is 23.7. The van der Waals surface area contributed by atoms with Crippen LogP contribution in [0.3, 0.4) is 0 Å². The third kappa shape index (κ3) is 12.3. The molecule has 0 aliphatic carbocycles. The maximum atomic E-state index is 9.37. The van der Waals surface area contributed by atoms with E-state index in [0.29, 0.717) is 12.8 Å². The van der Waals surface area contributed by atoms with Crippen LogP contribution in [0.4, 0.5) is 0 Å². The average molecular weight is 555 g/mol. The van der Waals surface area contributed by atoms with Gasteiger partial charge in [0.15, 0.2) is 0 Å². The van der Waals surface area contributed by atoms with Gasteiger partial charge in [0, 0.05) is 11.1 Å². The van der Waals surface area contributed by atoms with Gasteiger partial charge in [-0.1, -0.05) is 163 Å². The number of hydrogen-bond acceptors (Lipinski definition) is 2. The van der Waals surface area contributed by atoms with Crippen LogP contribution in [-0.2, 0) is 0 Å². The summed E-state index contributed by atoms with van der Waals surface area (Å²) in [5, 5.41) is 0. The zero-order chi connectivity index (χ0) is 42.0. The van der Waals surface area contributed by atoms with Crippen molar-refractivity contribution in [3.63, 3.8) is 0 Å². The van der Waals surface area contributed by atoms with Crippen LogP contribution in [0.15, 0.2) is 72.5 Å². The number of benzene rings is 3. The Balaban J connectivity index is 2.41. The number of rotatable bonds is 20. The Labute approximate surface area is 266 Å². The average Bonchev–Trinajstić information content (AvgIpc) is 3.17. The molecule has 40 heavy (non-hydrogen) atoms. The molecule has 0 aromatic heterocycles. The molecule has 0 radical (unpaired) electrons. The highest BCUT2D eigenvalue weighted by Gasteiger charge is 2.10. The van der Waals surface area contributed by atoms with E-state index < -0.39 is 130 Å². The van der Waals surface area contributed by atoms with Crippen LogP contribution in [0.1, 0.15) is 135 Å². The Morgan fingerprint density at radius 1 is 0.525 bits per heavy atom. The van der Waals surface area contributed by atoms with E-state index in [2.05, 4.69) is 13.8 Å². The molecular formula is C38H50O2. The summed E-state index contributed by atoms with van der Waals surface area (Å²) in [6.07, 6.45) is 10.4. The summed E-state index contributed by atoms with van der Waals surface area (Å²) in [5.74, 6) is -0.905. The predicted octanol–water partition coefficient (Wildman–Crippen LogP) is 11.5. The Morgan fingerprint density at radius 2 is 0.900 bits per heavy atom. The van der Waals surface area contributed by atoms with E-state index in [1.54, 1.807) is 0 Å². The van der Waals surface area contributed by atoms with E-state index in [0.717, 1.165) is 64.2 Å². The summed E-state index contributed by atoms with van der Waals surface area (Å²) in [7, 11) is 0. The van der Waals surface area contributed by atoms with E-state index in [9.17, 15) is 2.74 Å². The fraction of sp³-hybridized carbons (Fsp3) is 0.421. The van der Waals surface area contributed by atoms with Crippen molar-refractivity contribution >= 4 is 24.2 Å². The molecule has 0 fully saturated rings. The monoisotopic (exact) mass is 554 g/mol. The van der Waals surface area contributed by atoms with Crippen molar-refractivity contribution < 1.29 is 31.4 Å². The maximum absolute atomic E-state index is 9.37. The second-order valence-electron chi connectivity index (χ2n) is 9.39. The molecule has 3 aromatic carbocycles. The van der Waals surface area contributed by atoms with Gasteiger partial charge in [0.1, 0.15) is 11.5 Å². The minimum Gasteiger partial charge on any atom is -0.493 e. The van der Waals surface area contributed by atoms with E-state index in [4.69, 9.17) is 28.7 Å². The Kier molecular flexibility index (Phi) is 7.73. The number of unbranched alkanes of at least 4 members (excludes halogenated alkanes) is 10. The van der Waals surface area contributed by atoms with Crippen molar-refractivity contribution in [2.75, 3.05) is 13.2 Å². The molecule has 2 nitrogen and oxygen atoms in total. The van der Waals surface area contributed by atoms with Crippen molar-refractivity contribution in [3.8, 4) is 11.5 Å². The van der Waals surface area contributed by atoms with Crippen molar-refractivity contribution in [1.82, 2.24) is 0 Å². The highest BCUT2D eigenvalue weighted by atomic mass is 16.5. The summed E-state index contributed by atoms with van der Waals surface area (Å²) in [6.45, 7) is 4.13. The van der Waals surface area contributed by atoms with Gasteiger partial charge < -0.3 is 9.47 Å². The van der Waals surface area contributed by atoms with Crippen LogP contribution < -0.4 is 9.47 Å². The lowest BCUT2D eigenvalue weighted by Gasteiger charge is -2.15. The largest absolute Gasteiger partial charge is 0.493 e. The topological polar surface area (TPSA) is 18.5 Å². The summed E-state index contributed by atoms with van der Waals surface area (Å²) in [5.41, 5.74) is -2.16. The Morgan fingerprint density at radius 3 is 1.30 bits per heavy atom. The third-order valence-corrected chi connectivity index (χ3v) is 6.04. The molecule has 0 saturated carbocycles. The molecule has 0 heterocycles. The number of ether oxygens (including phenoxy) is 2. The van der Waals surface area contributed by atoms with Gasteiger partial charge in [-0.2, -0.15) is 0 Å². The highest BCUT2D eigenvalue weighted by Crippen LogP contribution is 2.33. The molecule has 3 aromatic rings. The molecular weight excluding hydrogens is 488 g/mol. The standard InChI is InChI=1S/C38H50O2/c1-3-5-7-9-11-19-29-39-37-31-36(28-26-34-23-17-14-18-24-34)38(40-30-20-12-10-8-6-4-2)32-35(37)27-25-33-21-15-13-16-22-33/h13-18,21-28,31-32H,3-12,19-20,29-30H2,1-2H3/b27-25+,28-26+/i13D,14D,15D,16D,17D,18D,21D,22D,23D,24D,25D,26D,27D,28D,31D,32D. The summed E-state index contributed by atoms with van der Waals surface area (Å²) in [4.78, 5) is 0. The first-order valence-electron chi connectivity index (χ1n) is 22.4. The molecule has 214 valence electrons. The minimum atomic E-state index is -0.851. The highest BCUT2D eigenvalue weighted by molar-refractivity contribution is 5.78. The van der Waals surface area contributed by atoms with Crippen LogP contribution in [0.5, 0.6) is 11.5 Å². The van der Waals surface area contributed by atoms with E-state index in [-0.39, 0.29) is 13.2 Å². The third-order valence-electron chi connectivity index (χ3n) is 6.04. The molecule has 0 bridgehead atoms. The molecule has 0 aliphatic heterocycles. The summed E-state index contributed by atoms with van der Waals surface area (Å²) in [6, 6.07) is -11.9. The van der Waals surface area contributed by atoms with E-state index >= 15 is 0 Å². The second-order valence-corrected chi connectivity index (χ2v) is 9.39. The van der Waals surface area contributed by atoms with Crippen LogP contribution in [0.2, 0.25) is 0 Å². The lowest BCUT2D eigenvalue weighted by Crippen LogP contribution is -2.03. The van der Waals surface area contributed by atoms with Crippen molar-refractivity contribution in [2.24, 2.45) is 0 Å². The molecule has 0 atom stereocenters. The smallest absolute Gasteiger partial charge is 0.127 e. The normalized spacial score (nSPS) is 18.1. The minimum absolute atomic E-state index is 0.0228. The van der Waals surface area contributed by atoms with Crippen molar-refractivity contribution in [2.45, 2.75) is 90.9 Å². The van der Waals surface area contributed by atoms with Gasteiger partial charge in [0.25, 0.3) is 0 Å². The first-order chi connectivity index (χ1) is 26.5. The molecule has 0 unspecified atom stereocenters. The van der Waals surface area contributed by atoms with E-state index in [1.807, 2.05) is 0 Å². The van der Waals surface area contributed by atoms with Gasteiger partial charge in [-0.05, 0) is 36.1 Å². The SMILES string of the molecule is [2H]/C(=C(/[2H])c1c([2H])c(OCCCCCCCC)c(/C([2H])=C(\[2H])c2c([2H])c([2H])c([2H])c([2H])c2[2H])c([2H])c1OCCCCCCCC)c1c([2H])c([2H])c([2H])c([2H])c1[2H]. The van der Waals surface area contributed by atoms with Gasteiger partial charge in [-0.15, -0.1) is 0 Å². The zero-order valence-electron chi connectivity index (χ0n) is 39.7. The maximum Gasteiger partial charge on any atom is 0.127 e. The molecule has 2 heteroatoms. The molecule has 0 N–H and O–H groups in total. The first kappa shape index (κ1) is 15.7. The van der Waals surface area contributed by atoms with E-state index in [1.165, 1.54) is 0 Å². The lowest BCUT2D eigenvalue weighted by molar-refractivity contribution is 0.295. The van der Waals surface area contributed by atoms with Gasteiger partial charge >= 0.3 is 0 Å². The van der Waals surface area contributed by atoms with Gasteiger partial charge in [0.05, 0.1) is 35.1 Å². The first-order valence-corrected chi connectivity index (χ1v) is 14.4. The van der Waals surface area contributed by atoms with Crippen molar-refractivity contribution in [3.05, 3.63) is 94.8 Å². The Bertz CT molecular complexity index is 1760. The lowest BCUT2D eigenvalue weighted by atomic mass is 10.0. The molecule has 0 saturated heterocycles. The van der Waals surface area contributed by atoms with Gasteiger partial charge in [-0.3, -0.25) is 0 Å². The summed E-state index contributed by atoms with van der Waals surface area (Å²) < 4.78 is 149. The van der Waals surface area contributed by atoms with Gasteiger partial charge in [-0.25, -0.2) is 0 Å². The van der Waals surface area contributed by atoms with Crippen LogP contribution in [0, 0.1) is 0 Å². The molecule has 0 aliphatic rings. The second kappa shape index (κ2) is 19.7. The number of hydrogen-bond donors (Lipinski definition) is 0. The van der Waals surface area contributed by atoms with Crippen LogP contribution in [0.25, 0.3) is 24.2 Å². The predicted molar refractivity (Wildman–Crippen MR) is 175 cm³/mol. The Hall–Kier alpha value is -3.26. The quantitative estimate of drug-likeness (QED) is 0.102. The van der Waals surface area contributed by atoms with Crippen molar-refractivity contribution in [1.29, 1.82) is 0 Å². The molecule has 3 rings (SSSR count). The fourth-order valence-corrected chi connectivity index (χ4v) is 3.85.